The molecule has 0 radical (unpaired) electrons. The minimum atomic E-state index is 0.645. The van der Waals surface area contributed by atoms with Crippen LogP contribution in [0.25, 0.3) is 0 Å². The van der Waals surface area contributed by atoms with Gasteiger partial charge in [-0.1, -0.05) is 0 Å². The Labute approximate surface area is 138 Å². The maximum atomic E-state index is 5.66. The van der Waals surface area contributed by atoms with Crippen LogP contribution in [-0.4, -0.2) is 13.2 Å². The molecule has 0 aliphatic carbocycles. The third-order valence-electron chi connectivity index (χ3n) is 2.92. The number of benzene rings is 1. The van der Waals surface area contributed by atoms with Gasteiger partial charge in [-0.05, 0) is 54.9 Å². The van der Waals surface area contributed by atoms with Gasteiger partial charge in [-0.25, -0.2) is 0 Å². The molecule has 0 unspecified atom stereocenters. The van der Waals surface area contributed by atoms with E-state index in [4.69, 9.17) is 9.47 Å². The summed E-state index contributed by atoms with van der Waals surface area (Å²) in [7, 11) is 0. The molecule has 0 atom stereocenters. The molecule has 0 amide bonds. The molecule has 21 heavy (non-hydrogen) atoms. The van der Waals surface area contributed by atoms with Gasteiger partial charge < -0.3 is 14.8 Å². The van der Waals surface area contributed by atoms with Crippen LogP contribution in [0, 0.1) is 6.92 Å². The molecule has 3 nitrogen and oxygen atoms in total. The quantitative estimate of drug-likeness (QED) is 0.724. The Balaban J connectivity index is 2.13. The van der Waals surface area contributed by atoms with Crippen LogP contribution in [0.1, 0.15) is 23.6 Å². The third-order valence-corrected chi connectivity index (χ3v) is 5.06. The van der Waals surface area contributed by atoms with Gasteiger partial charge in [-0.2, -0.15) is 0 Å². The summed E-state index contributed by atoms with van der Waals surface area (Å²) >= 11 is 5.34. The smallest absolute Gasteiger partial charge is 0.142 e. The van der Waals surface area contributed by atoms with E-state index in [0.29, 0.717) is 13.2 Å². The van der Waals surface area contributed by atoms with Crippen molar-refractivity contribution in [2.24, 2.45) is 0 Å². The Morgan fingerprint density at radius 1 is 1.14 bits per heavy atom. The molecule has 1 aromatic carbocycles. The maximum absolute atomic E-state index is 5.66. The molecule has 114 valence electrons. The Morgan fingerprint density at radius 3 is 2.52 bits per heavy atom. The van der Waals surface area contributed by atoms with Crippen LogP contribution in [0.15, 0.2) is 28.7 Å². The minimum Gasteiger partial charge on any atom is -0.494 e. The highest BCUT2D eigenvalue weighted by Crippen LogP contribution is 2.31. The van der Waals surface area contributed by atoms with Crippen molar-refractivity contribution in [3.05, 3.63) is 38.5 Å². The van der Waals surface area contributed by atoms with Crippen LogP contribution in [-0.2, 0) is 6.54 Å². The maximum Gasteiger partial charge on any atom is 0.142 e. The Kier molecular flexibility index (Phi) is 5.94. The summed E-state index contributed by atoms with van der Waals surface area (Å²) in [6, 6.07) is 8.03. The first-order chi connectivity index (χ1) is 10.1. The van der Waals surface area contributed by atoms with E-state index in [-0.39, 0.29) is 0 Å². The lowest BCUT2D eigenvalue weighted by Gasteiger charge is -2.13. The number of thiophene rings is 1. The summed E-state index contributed by atoms with van der Waals surface area (Å²) in [6.45, 7) is 8.15. The van der Waals surface area contributed by atoms with Crippen LogP contribution in [0.5, 0.6) is 11.5 Å². The second-order valence-electron chi connectivity index (χ2n) is 4.49. The van der Waals surface area contributed by atoms with Gasteiger partial charge >= 0.3 is 0 Å². The van der Waals surface area contributed by atoms with Gasteiger partial charge in [-0.15, -0.1) is 11.3 Å². The average molecular weight is 370 g/mol. The SMILES string of the molecule is CCOc1ccc(OCC)c(NCc2cc(Br)c(C)s2)c1. The fourth-order valence-corrected chi connectivity index (χ4v) is 3.51. The lowest BCUT2D eigenvalue weighted by molar-refractivity contribution is 0.332. The molecule has 1 N–H and O–H groups in total. The summed E-state index contributed by atoms with van der Waals surface area (Å²) in [5.74, 6) is 1.71. The van der Waals surface area contributed by atoms with E-state index in [1.807, 2.05) is 32.0 Å². The zero-order valence-electron chi connectivity index (χ0n) is 12.5. The highest BCUT2D eigenvalue weighted by atomic mass is 79.9. The monoisotopic (exact) mass is 369 g/mol. The number of halogens is 1. The first-order valence-electron chi connectivity index (χ1n) is 7.02. The lowest BCUT2D eigenvalue weighted by atomic mass is 10.2. The van der Waals surface area contributed by atoms with Crippen molar-refractivity contribution in [1.29, 1.82) is 0 Å². The van der Waals surface area contributed by atoms with Crippen LogP contribution in [0.4, 0.5) is 5.69 Å². The van der Waals surface area contributed by atoms with Crippen molar-refractivity contribution < 1.29 is 9.47 Å². The fourth-order valence-electron chi connectivity index (χ4n) is 1.97. The number of rotatable bonds is 7. The van der Waals surface area contributed by atoms with Crippen molar-refractivity contribution in [2.45, 2.75) is 27.3 Å². The fraction of sp³-hybridized carbons (Fsp3) is 0.375. The van der Waals surface area contributed by atoms with E-state index in [1.54, 1.807) is 11.3 Å². The number of nitrogens with one attached hydrogen (secondary N) is 1. The molecule has 0 aliphatic rings. The average Bonchev–Trinajstić information content (AvgIpc) is 2.78. The lowest BCUT2D eigenvalue weighted by Crippen LogP contribution is -2.02. The van der Waals surface area contributed by atoms with Crippen molar-refractivity contribution in [3.63, 3.8) is 0 Å². The van der Waals surface area contributed by atoms with Gasteiger partial charge in [0.15, 0.2) is 0 Å². The highest BCUT2D eigenvalue weighted by molar-refractivity contribution is 9.10. The molecule has 5 heteroatoms. The molecule has 2 rings (SSSR count). The van der Waals surface area contributed by atoms with E-state index >= 15 is 0 Å². The van der Waals surface area contributed by atoms with Gasteiger partial charge in [0, 0.05) is 26.8 Å². The van der Waals surface area contributed by atoms with Crippen LogP contribution in [0.2, 0.25) is 0 Å². The zero-order chi connectivity index (χ0) is 15.2. The molecular weight excluding hydrogens is 350 g/mol. The van der Waals surface area contributed by atoms with E-state index in [1.165, 1.54) is 9.75 Å². The predicted molar refractivity (Wildman–Crippen MR) is 92.9 cm³/mol. The zero-order valence-corrected chi connectivity index (χ0v) is 14.9. The summed E-state index contributed by atoms with van der Waals surface area (Å²) in [4.78, 5) is 2.57. The van der Waals surface area contributed by atoms with E-state index in [0.717, 1.165) is 28.2 Å². The molecule has 0 spiro atoms. The Morgan fingerprint density at radius 2 is 1.90 bits per heavy atom. The number of hydrogen-bond donors (Lipinski definition) is 1. The normalized spacial score (nSPS) is 10.5. The van der Waals surface area contributed by atoms with Crippen molar-refractivity contribution >= 4 is 33.0 Å². The van der Waals surface area contributed by atoms with Crippen LogP contribution in [0.3, 0.4) is 0 Å². The summed E-state index contributed by atoms with van der Waals surface area (Å²) in [5.41, 5.74) is 0.963. The highest BCUT2D eigenvalue weighted by Gasteiger charge is 2.08. The van der Waals surface area contributed by atoms with Crippen molar-refractivity contribution in [1.82, 2.24) is 0 Å². The largest absolute Gasteiger partial charge is 0.494 e. The number of ether oxygens (including phenoxy) is 2. The first kappa shape index (κ1) is 16.2. The number of hydrogen-bond acceptors (Lipinski definition) is 4. The molecule has 0 saturated heterocycles. The van der Waals surface area contributed by atoms with Crippen molar-refractivity contribution in [3.8, 4) is 11.5 Å². The van der Waals surface area contributed by atoms with E-state index < -0.39 is 0 Å². The molecule has 0 bridgehead atoms. The Bertz CT molecular complexity index is 578. The molecular formula is C16H20BrNO2S. The standard InChI is InChI=1S/C16H20BrNO2S/c1-4-19-12-6-7-16(20-5-2)15(8-12)18-10-13-9-14(17)11(3)21-13/h6-9,18H,4-5,10H2,1-3H3. The van der Waals surface area contributed by atoms with Crippen molar-refractivity contribution in [2.75, 3.05) is 18.5 Å². The van der Waals surface area contributed by atoms with Crippen LogP contribution >= 0.6 is 27.3 Å². The summed E-state index contributed by atoms with van der Waals surface area (Å²) in [5, 5.41) is 3.44. The summed E-state index contributed by atoms with van der Waals surface area (Å²) in [6.07, 6.45) is 0. The van der Waals surface area contributed by atoms with Gasteiger partial charge in [-0.3, -0.25) is 0 Å². The second kappa shape index (κ2) is 7.71. The molecule has 0 aliphatic heterocycles. The molecule has 1 aromatic heterocycles. The number of anilines is 1. The second-order valence-corrected chi connectivity index (χ2v) is 6.69. The molecule has 0 saturated carbocycles. The molecule has 2 aromatic rings. The molecule has 0 fully saturated rings. The molecule has 1 heterocycles. The van der Waals surface area contributed by atoms with Gasteiger partial charge in [0.05, 0.1) is 18.9 Å². The topological polar surface area (TPSA) is 30.5 Å². The summed E-state index contributed by atoms with van der Waals surface area (Å²) < 4.78 is 12.4. The number of aryl methyl sites for hydroxylation is 1. The Hall–Kier alpha value is -1.20. The first-order valence-corrected chi connectivity index (χ1v) is 8.63. The predicted octanol–water partition coefficient (Wildman–Crippen LogP) is 5.23. The van der Waals surface area contributed by atoms with Gasteiger partial charge in [0.25, 0.3) is 0 Å². The van der Waals surface area contributed by atoms with E-state index in [2.05, 4.69) is 34.2 Å². The van der Waals surface area contributed by atoms with Gasteiger partial charge in [0.1, 0.15) is 11.5 Å². The van der Waals surface area contributed by atoms with Gasteiger partial charge in [0.2, 0.25) is 0 Å². The minimum absolute atomic E-state index is 0.645. The van der Waals surface area contributed by atoms with E-state index in [9.17, 15) is 0 Å². The van der Waals surface area contributed by atoms with Crippen LogP contribution < -0.4 is 14.8 Å². The third kappa shape index (κ3) is 4.38.